The van der Waals surface area contributed by atoms with Crippen molar-refractivity contribution in [3.63, 3.8) is 0 Å². The summed E-state index contributed by atoms with van der Waals surface area (Å²) in [5.74, 6) is 0. The normalized spacial score (nSPS) is 20.8. The van der Waals surface area contributed by atoms with Crippen LogP contribution in [0.25, 0.3) is 10.8 Å². The highest BCUT2D eigenvalue weighted by Crippen LogP contribution is 2.33. The van der Waals surface area contributed by atoms with E-state index in [4.69, 9.17) is 4.99 Å². The Hall–Kier alpha value is -2.95. The van der Waals surface area contributed by atoms with Crippen molar-refractivity contribution in [3.05, 3.63) is 113 Å². The predicted molar refractivity (Wildman–Crippen MR) is 124 cm³/mol. The molecule has 3 nitrogen and oxygen atoms in total. The number of fused-ring (bicyclic) bond motifs is 1. The summed E-state index contributed by atoms with van der Waals surface area (Å²) in [5, 5.41) is 9.84. The summed E-state index contributed by atoms with van der Waals surface area (Å²) >= 11 is 3.51. The zero-order valence-electron chi connectivity index (χ0n) is 15.7. The Morgan fingerprint density at radius 1 is 0.793 bits per heavy atom. The summed E-state index contributed by atoms with van der Waals surface area (Å²) in [6, 6.07) is 33.5. The predicted octanol–water partition coefficient (Wildman–Crippen LogP) is 6.24. The summed E-state index contributed by atoms with van der Waals surface area (Å²) in [5.41, 5.74) is 2.69. The molecular weight excluding hydrogens is 422 g/mol. The van der Waals surface area contributed by atoms with Gasteiger partial charge in [-0.3, -0.25) is 10.3 Å². The lowest BCUT2D eigenvalue weighted by molar-refractivity contribution is 0.473. The van der Waals surface area contributed by atoms with E-state index < -0.39 is 5.66 Å². The fraction of sp³-hybridized carbons (Fsp3) is 0.0800. The van der Waals surface area contributed by atoms with Gasteiger partial charge in [0.15, 0.2) is 5.66 Å². The molecule has 0 fully saturated rings. The maximum atomic E-state index is 4.82. The van der Waals surface area contributed by atoms with E-state index in [9.17, 15) is 0 Å². The van der Waals surface area contributed by atoms with Crippen molar-refractivity contribution >= 4 is 38.6 Å². The van der Waals surface area contributed by atoms with Gasteiger partial charge in [-0.25, -0.2) is 0 Å². The molecule has 0 aliphatic carbocycles. The van der Waals surface area contributed by atoms with Crippen LogP contribution in [0, 0.1) is 0 Å². The molecule has 2 atom stereocenters. The first-order valence-electron chi connectivity index (χ1n) is 9.62. The average Bonchev–Trinajstić information content (AvgIpc) is 3.21. The van der Waals surface area contributed by atoms with Crippen molar-refractivity contribution in [1.82, 2.24) is 5.32 Å². The van der Waals surface area contributed by atoms with Gasteiger partial charge in [0.05, 0.1) is 0 Å². The number of hydrogen-bond acceptors (Lipinski definition) is 3. The number of nitrogens with one attached hydrogen (secondary N) is 2. The molecule has 0 saturated carbocycles. The minimum Gasteiger partial charge on any atom is -0.359 e. The van der Waals surface area contributed by atoms with Crippen LogP contribution in [0.5, 0.6) is 0 Å². The lowest BCUT2D eigenvalue weighted by atomic mass is 9.96. The van der Waals surface area contributed by atoms with Crippen LogP contribution in [0.15, 0.2) is 107 Å². The Morgan fingerprint density at radius 2 is 1.52 bits per heavy atom. The number of aliphatic imine (C=N–C) groups is 1. The quantitative estimate of drug-likeness (QED) is 0.393. The lowest BCUT2D eigenvalue weighted by Crippen LogP contribution is -2.47. The van der Waals surface area contributed by atoms with Gasteiger partial charge < -0.3 is 5.32 Å². The molecule has 4 heteroatoms. The van der Waals surface area contributed by atoms with Crippen molar-refractivity contribution in [1.29, 1.82) is 0 Å². The molecular formula is C25H20BrN3. The molecule has 2 N–H and O–H groups in total. The zero-order valence-corrected chi connectivity index (χ0v) is 17.3. The van der Waals surface area contributed by atoms with E-state index >= 15 is 0 Å². The molecule has 4 aromatic rings. The van der Waals surface area contributed by atoms with E-state index in [0.717, 1.165) is 21.3 Å². The summed E-state index contributed by atoms with van der Waals surface area (Å²) in [6.07, 6.45) is 1.89. The minimum atomic E-state index is -0.599. The van der Waals surface area contributed by atoms with Gasteiger partial charge in [-0.15, -0.1) is 0 Å². The highest BCUT2D eigenvalue weighted by molar-refractivity contribution is 9.10. The molecule has 0 aromatic heterocycles. The number of nitrogens with zero attached hydrogens (tertiary/aromatic N) is 1. The van der Waals surface area contributed by atoms with Gasteiger partial charge >= 0.3 is 0 Å². The summed E-state index contributed by atoms with van der Waals surface area (Å²) in [4.78, 5) is 4.82. The van der Waals surface area contributed by atoms with E-state index in [1.807, 2.05) is 36.5 Å². The van der Waals surface area contributed by atoms with Gasteiger partial charge in [-0.1, -0.05) is 82.7 Å². The Kier molecular flexibility index (Phi) is 4.66. The van der Waals surface area contributed by atoms with Gasteiger partial charge in [-0.2, -0.15) is 0 Å². The zero-order chi connectivity index (χ0) is 19.7. The van der Waals surface area contributed by atoms with Crippen molar-refractivity contribution in [2.24, 2.45) is 4.99 Å². The Labute approximate surface area is 178 Å². The molecule has 1 aliphatic rings. The molecule has 0 radical (unpaired) electrons. The van der Waals surface area contributed by atoms with E-state index in [1.165, 1.54) is 10.8 Å². The van der Waals surface area contributed by atoms with E-state index in [-0.39, 0.29) is 6.17 Å². The standard InChI is InChI=1S/C25H20BrN3/c26-22-12-14-23(15-13-22)28-25(17-27-24(29-25)19-7-2-1-3-8-19)21-11-10-18-6-4-5-9-20(18)16-21/h1-17,24,28-29H. The fourth-order valence-corrected chi connectivity index (χ4v) is 4.04. The molecule has 1 heterocycles. The molecule has 4 aromatic carbocycles. The first kappa shape index (κ1) is 18.1. The second-order valence-corrected chi connectivity index (χ2v) is 8.15. The topological polar surface area (TPSA) is 36.4 Å². The Balaban J connectivity index is 1.57. The molecule has 0 bridgehead atoms. The third kappa shape index (κ3) is 3.57. The van der Waals surface area contributed by atoms with Gasteiger partial charge in [0.25, 0.3) is 0 Å². The van der Waals surface area contributed by atoms with Gasteiger partial charge in [0.2, 0.25) is 0 Å². The monoisotopic (exact) mass is 441 g/mol. The summed E-state index contributed by atoms with van der Waals surface area (Å²) in [6.45, 7) is 0. The van der Waals surface area contributed by atoms with E-state index in [1.54, 1.807) is 0 Å². The van der Waals surface area contributed by atoms with Crippen LogP contribution in [0.4, 0.5) is 5.69 Å². The smallest absolute Gasteiger partial charge is 0.153 e. The molecule has 0 saturated heterocycles. The second kappa shape index (κ2) is 7.47. The van der Waals surface area contributed by atoms with E-state index in [0.29, 0.717) is 0 Å². The van der Waals surface area contributed by atoms with Crippen molar-refractivity contribution in [3.8, 4) is 0 Å². The molecule has 29 heavy (non-hydrogen) atoms. The van der Waals surface area contributed by atoms with Gasteiger partial charge in [0.1, 0.15) is 6.17 Å². The number of benzene rings is 4. The maximum absolute atomic E-state index is 4.82. The van der Waals surface area contributed by atoms with Crippen LogP contribution in [-0.2, 0) is 5.66 Å². The summed E-state index contributed by atoms with van der Waals surface area (Å²) in [7, 11) is 0. The van der Waals surface area contributed by atoms with E-state index in [2.05, 4.69) is 93.3 Å². The van der Waals surface area contributed by atoms with Crippen LogP contribution in [0.2, 0.25) is 0 Å². The number of hydrogen-bond donors (Lipinski definition) is 2. The largest absolute Gasteiger partial charge is 0.359 e. The van der Waals surface area contributed by atoms with Gasteiger partial charge in [-0.05, 0) is 52.2 Å². The third-order valence-corrected chi connectivity index (χ3v) is 5.82. The van der Waals surface area contributed by atoms with Crippen LogP contribution < -0.4 is 10.6 Å². The second-order valence-electron chi connectivity index (χ2n) is 7.24. The first-order chi connectivity index (χ1) is 14.2. The highest BCUT2D eigenvalue weighted by atomic mass is 79.9. The molecule has 1 aliphatic heterocycles. The lowest BCUT2D eigenvalue weighted by Gasteiger charge is -2.32. The van der Waals surface area contributed by atoms with Crippen LogP contribution in [-0.4, -0.2) is 6.21 Å². The molecule has 2 unspecified atom stereocenters. The third-order valence-electron chi connectivity index (χ3n) is 5.29. The number of anilines is 1. The summed E-state index contributed by atoms with van der Waals surface area (Å²) < 4.78 is 1.05. The molecule has 0 amide bonds. The number of halogens is 1. The first-order valence-corrected chi connectivity index (χ1v) is 10.4. The fourth-order valence-electron chi connectivity index (χ4n) is 3.78. The van der Waals surface area contributed by atoms with Crippen molar-refractivity contribution in [2.75, 3.05) is 5.32 Å². The maximum Gasteiger partial charge on any atom is 0.153 e. The van der Waals surface area contributed by atoms with Crippen molar-refractivity contribution in [2.45, 2.75) is 11.8 Å². The molecule has 5 rings (SSSR count). The number of rotatable bonds is 4. The van der Waals surface area contributed by atoms with Crippen LogP contribution >= 0.6 is 15.9 Å². The van der Waals surface area contributed by atoms with Crippen molar-refractivity contribution < 1.29 is 0 Å². The molecule has 142 valence electrons. The SMILES string of the molecule is Brc1ccc(NC2(c3ccc4ccccc4c3)C=NC(c3ccccc3)N2)cc1. The minimum absolute atomic E-state index is 0.106. The van der Waals surface area contributed by atoms with Crippen LogP contribution in [0.1, 0.15) is 17.3 Å². The Morgan fingerprint density at radius 3 is 2.31 bits per heavy atom. The van der Waals surface area contributed by atoms with Gasteiger partial charge in [0, 0.05) is 16.4 Å². The van der Waals surface area contributed by atoms with Crippen LogP contribution in [0.3, 0.4) is 0 Å². The highest BCUT2D eigenvalue weighted by Gasteiger charge is 2.37. The molecule has 0 spiro atoms. The average molecular weight is 442 g/mol. The Bertz CT molecular complexity index is 1170.